The molecule has 1 unspecified atom stereocenters. The summed E-state index contributed by atoms with van der Waals surface area (Å²) in [4.78, 5) is 12.1. The van der Waals surface area contributed by atoms with Gasteiger partial charge in [0.25, 0.3) is 5.91 Å². The van der Waals surface area contributed by atoms with Crippen molar-refractivity contribution < 1.29 is 4.79 Å². The highest BCUT2D eigenvalue weighted by Crippen LogP contribution is 2.17. The molecule has 1 heterocycles. The van der Waals surface area contributed by atoms with Gasteiger partial charge in [0, 0.05) is 23.6 Å². The molecule has 15 heavy (non-hydrogen) atoms. The Balaban J connectivity index is 2.77. The zero-order valence-electron chi connectivity index (χ0n) is 9.41. The Labute approximate surface area is 98.2 Å². The summed E-state index contributed by atoms with van der Waals surface area (Å²) >= 11 is 3.47. The standard InChI is InChI=1S/C10H16BrN3O/c1-7(11)10(2,3)13-9(15)8-5-6-12-14(8)4/h5-7H,1-4H3,(H,13,15). The Morgan fingerprint density at radius 3 is 2.67 bits per heavy atom. The summed E-state index contributed by atoms with van der Waals surface area (Å²) in [6.07, 6.45) is 1.61. The van der Waals surface area contributed by atoms with E-state index in [1.807, 2.05) is 20.8 Å². The molecule has 5 heteroatoms. The van der Waals surface area contributed by atoms with Crippen molar-refractivity contribution in [3.8, 4) is 0 Å². The zero-order valence-corrected chi connectivity index (χ0v) is 11.0. The monoisotopic (exact) mass is 273 g/mol. The number of hydrogen-bond acceptors (Lipinski definition) is 2. The van der Waals surface area contributed by atoms with E-state index in [0.29, 0.717) is 5.69 Å². The van der Waals surface area contributed by atoms with Crippen LogP contribution in [0.15, 0.2) is 12.3 Å². The fourth-order valence-corrected chi connectivity index (χ4v) is 1.17. The maximum atomic E-state index is 11.9. The average Bonchev–Trinajstić information content (AvgIpc) is 2.50. The molecule has 1 atom stereocenters. The van der Waals surface area contributed by atoms with Crippen LogP contribution in [-0.2, 0) is 7.05 Å². The lowest BCUT2D eigenvalue weighted by molar-refractivity contribution is 0.0904. The average molecular weight is 274 g/mol. The highest BCUT2D eigenvalue weighted by molar-refractivity contribution is 9.09. The van der Waals surface area contributed by atoms with Crippen molar-refractivity contribution in [1.82, 2.24) is 15.1 Å². The van der Waals surface area contributed by atoms with Crippen molar-refractivity contribution in [1.29, 1.82) is 0 Å². The SMILES string of the molecule is CC(Br)C(C)(C)NC(=O)c1ccnn1C. The first-order valence-electron chi connectivity index (χ1n) is 4.79. The fraction of sp³-hybridized carbons (Fsp3) is 0.600. The van der Waals surface area contributed by atoms with Gasteiger partial charge in [0.15, 0.2) is 0 Å². The summed E-state index contributed by atoms with van der Waals surface area (Å²) in [6.45, 7) is 5.95. The molecule has 1 N–H and O–H groups in total. The Morgan fingerprint density at radius 2 is 2.27 bits per heavy atom. The van der Waals surface area contributed by atoms with E-state index >= 15 is 0 Å². The molecule has 1 amide bonds. The maximum Gasteiger partial charge on any atom is 0.269 e. The molecule has 1 rings (SSSR count). The number of alkyl halides is 1. The summed E-state index contributed by atoms with van der Waals surface area (Å²) in [5.41, 5.74) is 0.276. The first kappa shape index (κ1) is 12.2. The van der Waals surface area contributed by atoms with Crippen LogP contribution in [0.3, 0.4) is 0 Å². The number of amides is 1. The van der Waals surface area contributed by atoms with E-state index in [1.54, 1.807) is 24.0 Å². The van der Waals surface area contributed by atoms with E-state index in [-0.39, 0.29) is 16.3 Å². The van der Waals surface area contributed by atoms with Crippen LogP contribution in [0.1, 0.15) is 31.3 Å². The first-order chi connectivity index (χ1) is 6.84. The number of nitrogens with one attached hydrogen (secondary N) is 1. The summed E-state index contributed by atoms with van der Waals surface area (Å²) in [5.74, 6) is -0.105. The molecule has 0 aliphatic rings. The van der Waals surface area contributed by atoms with Crippen LogP contribution in [0.2, 0.25) is 0 Å². The second-order valence-corrected chi connectivity index (χ2v) is 5.51. The van der Waals surface area contributed by atoms with E-state index in [1.165, 1.54) is 0 Å². The molecule has 1 aromatic rings. The van der Waals surface area contributed by atoms with Crippen LogP contribution >= 0.6 is 15.9 Å². The Hall–Kier alpha value is -0.840. The summed E-state index contributed by atoms with van der Waals surface area (Å²) in [7, 11) is 1.75. The van der Waals surface area contributed by atoms with Gasteiger partial charge in [0.05, 0.1) is 0 Å². The molecular weight excluding hydrogens is 258 g/mol. The highest BCUT2D eigenvalue weighted by atomic mass is 79.9. The normalized spacial score (nSPS) is 13.7. The minimum atomic E-state index is -0.290. The van der Waals surface area contributed by atoms with Crippen molar-refractivity contribution in [2.75, 3.05) is 0 Å². The van der Waals surface area contributed by atoms with Gasteiger partial charge >= 0.3 is 0 Å². The fourth-order valence-electron chi connectivity index (χ4n) is 1.05. The van der Waals surface area contributed by atoms with Crippen LogP contribution in [0.4, 0.5) is 0 Å². The smallest absolute Gasteiger partial charge is 0.269 e. The molecule has 4 nitrogen and oxygen atoms in total. The topological polar surface area (TPSA) is 46.9 Å². The lowest BCUT2D eigenvalue weighted by Crippen LogP contribution is -2.49. The van der Waals surface area contributed by atoms with Gasteiger partial charge in [0.1, 0.15) is 5.69 Å². The van der Waals surface area contributed by atoms with Gasteiger partial charge in [-0.3, -0.25) is 9.48 Å². The van der Waals surface area contributed by atoms with Crippen molar-refractivity contribution in [3.05, 3.63) is 18.0 Å². The van der Waals surface area contributed by atoms with E-state index in [2.05, 4.69) is 26.3 Å². The predicted octanol–water partition coefficient (Wildman–Crippen LogP) is 1.71. The van der Waals surface area contributed by atoms with E-state index in [9.17, 15) is 4.79 Å². The lowest BCUT2D eigenvalue weighted by Gasteiger charge is -2.29. The van der Waals surface area contributed by atoms with Gasteiger partial charge in [0.2, 0.25) is 0 Å². The van der Waals surface area contributed by atoms with Crippen LogP contribution in [0, 0.1) is 0 Å². The molecule has 0 aromatic carbocycles. The second kappa shape index (κ2) is 4.35. The van der Waals surface area contributed by atoms with Crippen LogP contribution in [0.25, 0.3) is 0 Å². The first-order valence-corrected chi connectivity index (χ1v) is 5.71. The third kappa shape index (κ3) is 2.81. The predicted molar refractivity (Wildman–Crippen MR) is 63.1 cm³/mol. The van der Waals surface area contributed by atoms with E-state index < -0.39 is 0 Å². The van der Waals surface area contributed by atoms with Gasteiger partial charge < -0.3 is 5.32 Å². The largest absolute Gasteiger partial charge is 0.345 e. The quantitative estimate of drug-likeness (QED) is 0.853. The van der Waals surface area contributed by atoms with Gasteiger partial charge in [-0.05, 0) is 19.9 Å². The van der Waals surface area contributed by atoms with Crippen molar-refractivity contribution >= 4 is 21.8 Å². The molecule has 0 radical (unpaired) electrons. The minimum Gasteiger partial charge on any atom is -0.345 e. The van der Waals surface area contributed by atoms with Crippen molar-refractivity contribution in [2.24, 2.45) is 7.05 Å². The van der Waals surface area contributed by atoms with Crippen LogP contribution in [-0.4, -0.2) is 26.1 Å². The Bertz CT molecular complexity index is 357. The number of halogens is 1. The van der Waals surface area contributed by atoms with Crippen molar-refractivity contribution in [2.45, 2.75) is 31.1 Å². The zero-order chi connectivity index (χ0) is 11.6. The van der Waals surface area contributed by atoms with Crippen LogP contribution in [0.5, 0.6) is 0 Å². The van der Waals surface area contributed by atoms with E-state index in [4.69, 9.17) is 0 Å². The molecule has 0 saturated heterocycles. The summed E-state index contributed by atoms with van der Waals surface area (Å²) in [6, 6.07) is 1.70. The van der Waals surface area contributed by atoms with Crippen LogP contribution < -0.4 is 5.32 Å². The van der Waals surface area contributed by atoms with Gasteiger partial charge in [-0.25, -0.2) is 0 Å². The second-order valence-electron chi connectivity index (χ2n) is 4.13. The van der Waals surface area contributed by atoms with Gasteiger partial charge in [-0.2, -0.15) is 5.10 Å². The number of carbonyl (C=O) groups is 1. The number of carbonyl (C=O) groups excluding carboxylic acids is 1. The third-order valence-electron chi connectivity index (χ3n) is 2.48. The number of nitrogens with zero attached hydrogens (tertiary/aromatic N) is 2. The molecule has 0 saturated carbocycles. The minimum absolute atomic E-state index is 0.105. The Kier molecular flexibility index (Phi) is 3.54. The summed E-state index contributed by atoms with van der Waals surface area (Å²) < 4.78 is 1.56. The molecule has 0 aliphatic heterocycles. The van der Waals surface area contributed by atoms with Crippen molar-refractivity contribution in [3.63, 3.8) is 0 Å². The number of aryl methyl sites for hydroxylation is 1. The van der Waals surface area contributed by atoms with E-state index in [0.717, 1.165) is 0 Å². The molecule has 1 aromatic heterocycles. The molecule has 0 fully saturated rings. The number of rotatable bonds is 3. The number of aromatic nitrogens is 2. The maximum absolute atomic E-state index is 11.9. The van der Waals surface area contributed by atoms with Gasteiger partial charge in [-0.1, -0.05) is 22.9 Å². The summed E-state index contributed by atoms with van der Waals surface area (Å²) in [5, 5.41) is 6.91. The van der Waals surface area contributed by atoms with Gasteiger partial charge in [-0.15, -0.1) is 0 Å². The molecular formula is C10H16BrN3O. The molecule has 0 spiro atoms. The Morgan fingerprint density at radius 1 is 1.67 bits per heavy atom. The molecule has 84 valence electrons. The third-order valence-corrected chi connectivity index (χ3v) is 3.63. The number of hydrogen-bond donors (Lipinski definition) is 1. The lowest BCUT2D eigenvalue weighted by atomic mass is 10.0. The highest BCUT2D eigenvalue weighted by Gasteiger charge is 2.26. The molecule has 0 aliphatic carbocycles. The molecule has 0 bridgehead atoms.